The van der Waals surface area contributed by atoms with Crippen LogP contribution in [0.5, 0.6) is 28.7 Å². The molecule has 0 spiro atoms. The molecule has 3 aromatic rings. The summed E-state index contributed by atoms with van der Waals surface area (Å²) < 4.78 is 27.7. The Balaban J connectivity index is 2.30. The van der Waals surface area contributed by atoms with E-state index >= 15 is 0 Å². The lowest BCUT2D eigenvalue weighted by Gasteiger charge is -2.33. The fraction of sp³-hybridized carbons (Fsp3) is 0.321. The van der Waals surface area contributed by atoms with Gasteiger partial charge in [-0.2, -0.15) is 0 Å². The fourth-order valence-electron chi connectivity index (χ4n) is 4.34. The van der Waals surface area contributed by atoms with Crippen LogP contribution in [0.2, 0.25) is 0 Å². The van der Waals surface area contributed by atoms with Gasteiger partial charge in [-0.05, 0) is 40.9 Å². The number of rotatable bonds is 12. The number of allylic oxidation sites excluding steroid dienone is 1. The molecular formula is C28H32N2O8S. The first-order valence-corrected chi connectivity index (χ1v) is 12.6. The highest BCUT2D eigenvalue weighted by Crippen LogP contribution is 2.54. The molecule has 0 radical (unpaired) electrons. The van der Waals surface area contributed by atoms with Crippen LogP contribution in [0, 0.1) is 10.3 Å². The van der Waals surface area contributed by atoms with Gasteiger partial charge in [-0.15, -0.1) is 11.5 Å². The summed E-state index contributed by atoms with van der Waals surface area (Å²) in [5.41, 5.74) is 2.74. The number of hydrogen-bond donors (Lipinski definition) is 2. The first kappa shape index (κ1) is 29.6. The van der Waals surface area contributed by atoms with Crippen LogP contribution in [-0.4, -0.2) is 45.9 Å². The molecule has 0 saturated carbocycles. The first-order valence-electron chi connectivity index (χ1n) is 11.8. The molecular weight excluding hydrogens is 524 g/mol. The molecule has 0 amide bonds. The van der Waals surface area contributed by atoms with Crippen molar-refractivity contribution >= 4 is 39.0 Å². The number of ether oxygens (including phenoxy) is 5. The third-order valence-corrected chi connectivity index (χ3v) is 8.00. The van der Waals surface area contributed by atoms with Gasteiger partial charge in [-0.3, -0.25) is 15.5 Å². The molecule has 0 aromatic heterocycles. The summed E-state index contributed by atoms with van der Waals surface area (Å²) in [5.74, 6) is 1.70. The highest BCUT2D eigenvalue weighted by molar-refractivity contribution is 8.14. The highest BCUT2D eigenvalue weighted by Gasteiger charge is 2.36. The molecule has 3 rings (SSSR count). The van der Waals surface area contributed by atoms with E-state index in [4.69, 9.17) is 23.7 Å². The fourth-order valence-corrected chi connectivity index (χ4v) is 5.51. The van der Waals surface area contributed by atoms with Crippen molar-refractivity contribution in [2.24, 2.45) is 10.6 Å². The predicted molar refractivity (Wildman–Crippen MR) is 153 cm³/mol. The molecule has 3 aromatic carbocycles. The molecule has 0 aliphatic heterocycles. The second-order valence-electron chi connectivity index (χ2n) is 9.01. The maximum atomic E-state index is 13.8. The van der Waals surface area contributed by atoms with Crippen molar-refractivity contribution in [2.75, 3.05) is 41.0 Å². The number of carbonyl (C=O) groups is 1. The van der Waals surface area contributed by atoms with Gasteiger partial charge in [0.05, 0.1) is 52.0 Å². The summed E-state index contributed by atoms with van der Waals surface area (Å²) in [6, 6.07) is 7.86. The van der Waals surface area contributed by atoms with Gasteiger partial charge < -0.3 is 23.7 Å². The van der Waals surface area contributed by atoms with Gasteiger partial charge in [-0.1, -0.05) is 31.7 Å². The lowest BCUT2D eigenvalue weighted by molar-refractivity contribution is 0.108. The van der Waals surface area contributed by atoms with Crippen molar-refractivity contribution in [1.29, 1.82) is 0 Å². The average Bonchev–Trinajstić information content (AvgIpc) is 2.97. The standard InChI is InChI=1S/C28H32N2O8S/c1-9-28(2,3)26(39-27(31)15-12-20(35-5)25(38-8)21(13-15)36-6)16-14-19(34-4)22-17(29-32)10-11-18(30-33)23(22)24(16)37-7/h9-14,26,29,32H,1H2,2-8H3. The first-order chi connectivity index (χ1) is 18.6. The molecule has 0 bridgehead atoms. The average molecular weight is 557 g/mol. The second-order valence-corrected chi connectivity index (χ2v) is 10.1. The van der Waals surface area contributed by atoms with Crippen molar-refractivity contribution in [3.63, 3.8) is 0 Å². The van der Waals surface area contributed by atoms with Crippen molar-refractivity contribution in [3.05, 3.63) is 59.0 Å². The minimum atomic E-state index is -0.658. The van der Waals surface area contributed by atoms with E-state index in [0.717, 1.165) is 11.8 Å². The molecule has 1 unspecified atom stereocenters. The molecule has 1 atom stereocenters. The highest BCUT2D eigenvalue weighted by atomic mass is 32.2. The number of carbonyl (C=O) groups excluding carboxylic acids is 1. The molecule has 0 fully saturated rings. The van der Waals surface area contributed by atoms with Crippen molar-refractivity contribution in [2.45, 2.75) is 19.1 Å². The van der Waals surface area contributed by atoms with Gasteiger partial charge in [-0.25, -0.2) is 0 Å². The molecule has 0 heterocycles. The Labute approximate surface area is 231 Å². The third kappa shape index (κ3) is 5.45. The molecule has 11 heteroatoms. The summed E-state index contributed by atoms with van der Waals surface area (Å²) in [7, 11) is 7.36. The molecule has 208 valence electrons. The predicted octanol–water partition coefficient (Wildman–Crippen LogP) is 6.91. The van der Waals surface area contributed by atoms with Crippen LogP contribution in [-0.2, 0) is 0 Å². The lowest BCUT2D eigenvalue weighted by Crippen LogP contribution is -2.20. The van der Waals surface area contributed by atoms with Gasteiger partial charge in [0.1, 0.15) is 17.2 Å². The van der Waals surface area contributed by atoms with E-state index < -0.39 is 10.7 Å². The summed E-state index contributed by atoms with van der Waals surface area (Å²) in [6.45, 7) is 7.86. The Kier molecular flexibility index (Phi) is 9.31. The summed E-state index contributed by atoms with van der Waals surface area (Å²) >= 11 is 1.04. The Hall–Kier alpha value is -3.96. The van der Waals surface area contributed by atoms with E-state index in [-0.39, 0.29) is 10.8 Å². The van der Waals surface area contributed by atoms with Crippen LogP contribution in [0.4, 0.5) is 11.4 Å². The second kappa shape index (κ2) is 12.3. The summed E-state index contributed by atoms with van der Waals surface area (Å²) in [6.07, 6.45) is 1.74. The number of anilines is 1. The maximum Gasteiger partial charge on any atom is 0.220 e. The molecule has 39 heavy (non-hydrogen) atoms. The van der Waals surface area contributed by atoms with Gasteiger partial charge in [0, 0.05) is 16.4 Å². The van der Waals surface area contributed by atoms with E-state index in [1.807, 2.05) is 13.8 Å². The van der Waals surface area contributed by atoms with Crippen molar-refractivity contribution in [3.8, 4) is 28.7 Å². The molecule has 2 N–H and O–H groups in total. The Morgan fingerprint density at radius 3 is 2.00 bits per heavy atom. The van der Waals surface area contributed by atoms with Crippen LogP contribution in [0.25, 0.3) is 10.8 Å². The lowest BCUT2D eigenvalue weighted by atomic mass is 9.83. The van der Waals surface area contributed by atoms with E-state index in [1.54, 1.807) is 24.3 Å². The van der Waals surface area contributed by atoms with Gasteiger partial charge >= 0.3 is 0 Å². The normalized spacial score (nSPS) is 11.9. The number of nitrogens with one attached hydrogen (secondary N) is 1. The third-order valence-electron chi connectivity index (χ3n) is 6.46. The van der Waals surface area contributed by atoms with Crippen LogP contribution in [0.1, 0.15) is 35.0 Å². The number of nitrogens with zero attached hydrogens (tertiary/aromatic N) is 1. The minimum absolute atomic E-state index is 0.0807. The molecule has 0 aliphatic rings. The van der Waals surface area contributed by atoms with Gasteiger partial charge in [0.15, 0.2) is 11.5 Å². The van der Waals surface area contributed by atoms with Gasteiger partial charge in [0.2, 0.25) is 10.9 Å². The van der Waals surface area contributed by atoms with E-state index in [2.05, 4.69) is 17.2 Å². The number of nitroso groups, excluding NO2 is 1. The molecule has 0 aliphatic carbocycles. The number of thioether (sulfide) groups is 1. The van der Waals surface area contributed by atoms with E-state index in [9.17, 15) is 14.9 Å². The number of fused-ring (bicyclic) bond motifs is 1. The topological polar surface area (TPSA) is 125 Å². The SMILES string of the molecule is C=CC(C)(C)C(SC(=O)c1cc(OC)c(OC)c(OC)c1)c1cc(OC)c2c(NO)ccc(N=O)c2c1OC. The summed E-state index contributed by atoms with van der Waals surface area (Å²) in [4.78, 5) is 25.6. The van der Waals surface area contributed by atoms with E-state index in [0.29, 0.717) is 56.3 Å². The van der Waals surface area contributed by atoms with Crippen LogP contribution >= 0.6 is 11.8 Å². The quantitative estimate of drug-likeness (QED) is 0.138. The summed E-state index contributed by atoms with van der Waals surface area (Å²) in [5, 5.41) is 12.8. The Bertz CT molecular complexity index is 1380. The van der Waals surface area contributed by atoms with Crippen LogP contribution in [0.15, 0.2) is 48.2 Å². The van der Waals surface area contributed by atoms with Crippen molar-refractivity contribution in [1.82, 2.24) is 0 Å². The van der Waals surface area contributed by atoms with E-state index in [1.165, 1.54) is 47.7 Å². The zero-order valence-electron chi connectivity index (χ0n) is 22.9. The molecule has 0 saturated heterocycles. The Morgan fingerprint density at radius 2 is 1.54 bits per heavy atom. The van der Waals surface area contributed by atoms with Crippen molar-refractivity contribution < 1.29 is 33.7 Å². The maximum absolute atomic E-state index is 13.8. The molecule has 10 nitrogen and oxygen atoms in total. The van der Waals surface area contributed by atoms with Gasteiger partial charge in [0.25, 0.3) is 0 Å². The van der Waals surface area contributed by atoms with Crippen LogP contribution in [0.3, 0.4) is 0 Å². The zero-order valence-corrected chi connectivity index (χ0v) is 23.7. The number of hydrogen-bond acceptors (Lipinski definition) is 11. The number of benzene rings is 3. The number of methoxy groups -OCH3 is 5. The monoisotopic (exact) mass is 556 g/mol. The van der Waals surface area contributed by atoms with Crippen LogP contribution < -0.4 is 29.2 Å². The minimum Gasteiger partial charge on any atom is -0.496 e. The Morgan fingerprint density at radius 1 is 0.949 bits per heavy atom. The smallest absolute Gasteiger partial charge is 0.220 e. The zero-order chi connectivity index (χ0) is 28.9. The largest absolute Gasteiger partial charge is 0.496 e.